The number of rotatable bonds is 8. The second-order valence-corrected chi connectivity index (χ2v) is 8.18. The van der Waals surface area contributed by atoms with E-state index in [9.17, 15) is 34.2 Å². The van der Waals surface area contributed by atoms with Crippen molar-refractivity contribution < 1.29 is 48.4 Å². The van der Waals surface area contributed by atoms with Crippen LogP contribution in [0.4, 0.5) is 0 Å². The predicted molar refractivity (Wildman–Crippen MR) is 129 cm³/mol. The summed E-state index contributed by atoms with van der Waals surface area (Å²) in [6.07, 6.45) is -3.35. The molecule has 37 heavy (non-hydrogen) atoms. The zero-order valence-corrected chi connectivity index (χ0v) is 20.4. The van der Waals surface area contributed by atoms with Crippen LogP contribution >= 0.6 is 0 Å². The van der Waals surface area contributed by atoms with E-state index >= 15 is 0 Å². The fourth-order valence-electron chi connectivity index (χ4n) is 3.38. The molecule has 0 radical (unpaired) electrons. The normalized spacial score (nSPS) is 18.1. The number of piperidine rings is 1. The SMILES string of the molecule is CC(=O)O[C@@H]1CCNC[C@H]1C.O=C(O[C@H](C(=O)O)[C@H](OC(=O)c1ccccc1)C(=O)O)c1ccccc1. The van der Waals surface area contributed by atoms with Crippen LogP contribution in [0.25, 0.3) is 0 Å². The van der Waals surface area contributed by atoms with E-state index in [0.29, 0.717) is 5.92 Å². The maximum absolute atomic E-state index is 12.0. The van der Waals surface area contributed by atoms with Crippen molar-refractivity contribution >= 4 is 29.8 Å². The lowest BCUT2D eigenvalue weighted by Crippen LogP contribution is -2.45. The molecule has 0 unspecified atom stereocenters. The van der Waals surface area contributed by atoms with Crippen LogP contribution in [0.3, 0.4) is 0 Å². The van der Waals surface area contributed by atoms with E-state index in [-0.39, 0.29) is 23.2 Å². The molecule has 0 spiro atoms. The van der Waals surface area contributed by atoms with E-state index in [4.69, 9.17) is 14.2 Å². The van der Waals surface area contributed by atoms with Gasteiger partial charge in [-0.3, -0.25) is 4.79 Å². The highest BCUT2D eigenvalue weighted by Crippen LogP contribution is 2.15. The summed E-state index contributed by atoms with van der Waals surface area (Å²) in [6, 6.07) is 14.8. The third kappa shape index (κ3) is 9.37. The van der Waals surface area contributed by atoms with Crippen LogP contribution in [0.5, 0.6) is 0 Å². The standard InChI is InChI=1S/C18H14O8.C8H15NO2/c19-15(20)13(25-17(23)11-7-3-1-4-8-11)14(16(21)22)26-18(24)12-9-5-2-6-10-12;1-6-5-9-4-3-8(6)11-7(2)10/h1-10,13-14H,(H,19,20)(H,21,22);6,8-9H,3-5H2,1-2H3/t13-,14-;6-,8-/m01/s1. The zero-order chi connectivity index (χ0) is 27.4. The lowest BCUT2D eigenvalue weighted by molar-refractivity contribution is -0.166. The smallest absolute Gasteiger partial charge is 0.349 e. The van der Waals surface area contributed by atoms with Gasteiger partial charge >= 0.3 is 29.8 Å². The quantitative estimate of drug-likeness (QED) is 0.348. The molecule has 1 heterocycles. The molecule has 2 aromatic rings. The third-order valence-electron chi connectivity index (χ3n) is 5.27. The molecular weight excluding hydrogens is 486 g/mol. The summed E-state index contributed by atoms with van der Waals surface area (Å²) >= 11 is 0. The highest BCUT2D eigenvalue weighted by Gasteiger charge is 2.41. The van der Waals surface area contributed by atoms with Crippen LogP contribution in [0.2, 0.25) is 0 Å². The number of hydrogen-bond acceptors (Lipinski definition) is 9. The van der Waals surface area contributed by atoms with Gasteiger partial charge in [-0.25, -0.2) is 19.2 Å². The second-order valence-electron chi connectivity index (χ2n) is 8.18. The van der Waals surface area contributed by atoms with Crippen LogP contribution in [0, 0.1) is 5.92 Å². The Balaban J connectivity index is 0.000000364. The number of carbonyl (C=O) groups excluding carboxylic acids is 3. The zero-order valence-electron chi connectivity index (χ0n) is 20.4. The minimum Gasteiger partial charge on any atom is -0.478 e. The molecule has 1 saturated heterocycles. The fourth-order valence-corrected chi connectivity index (χ4v) is 3.38. The Morgan fingerprint density at radius 3 is 1.59 bits per heavy atom. The molecule has 0 amide bonds. The minimum atomic E-state index is -2.21. The average molecular weight is 516 g/mol. The molecule has 1 aliphatic rings. The van der Waals surface area contributed by atoms with E-state index in [1.54, 1.807) is 12.1 Å². The van der Waals surface area contributed by atoms with Crippen LogP contribution in [-0.4, -0.2) is 71.5 Å². The Bertz CT molecular complexity index is 1000. The molecule has 0 saturated carbocycles. The number of nitrogens with one attached hydrogen (secondary N) is 1. The van der Waals surface area contributed by atoms with E-state index in [2.05, 4.69) is 12.2 Å². The molecule has 3 N–H and O–H groups in total. The summed E-state index contributed by atoms with van der Waals surface area (Å²) in [5, 5.41) is 21.7. The summed E-state index contributed by atoms with van der Waals surface area (Å²) in [5.74, 6) is -5.35. The van der Waals surface area contributed by atoms with Gasteiger partial charge in [0.1, 0.15) is 6.10 Å². The van der Waals surface area contributed by atoms with Crippen molar-refractivity contribution in [1.29, 1.82) is 0 Å². The number of aliphatic carboxylic acids is 2. The van der Waals surface area contributed by atoms with Gasteiger partial charge in [0.2, 0.25) is 12.2 Å². The number of hydrogen-bond donors (Lipinski definition) is 3. The first kappa shape index (κ1) is 29.0. The van der Waals surface area contributed by atoms with Crippen LogP contribution in [0.1, 0.15) is 41.0 Å². The molecule has 4 atom stereocenters. The Labute approximate surface area is 213 Å². The number of esters is 3. The molecule has 0 bridgehead atoms. The third-order valence-corrected chi connectivity index (χ3v) is 5.27. The summed E-state index contributed by atoms with van der Waals surface area (Å²) in [7, 11) is 0. The monoisotopic (exact) mass is 515 g/mol. The average Bonchev–Trinajstić information content (AvgIpc) is 2.88. The fraction of sp³-hybridized carbons (Fsp3) is 0.346. The molecule has 11 nitrogen and oxygen atoms in total. The lowest BCUT2D eigenvalue weighted by Gasteiger charge is -2.28. The van der Waals surface area contributed by atoms with E-state index in [1.807, 2.05) is 0 Å². The highest BCUT2D eigenvalue weighted by atomic mass is 16.6. The van der Waals surface area contributed by atoms with Gasteiger partial charge in [0.15, 0.2) is 0 Å². The number of carbonyl (C=O) groups is 5. The van der Waals surface area contributed by atoms with Crippen molar-refractivity contribution in [3.05, 3.63) is 71.8 Å². The van der Waals surface area contributed by atoms with Gasteiger partial charge in [-0.15, -0.1) is 0 Å². The van der Waals surface area contributed by atoms with Crippen molar-refractivity contribution in [3.8, 4) is 0 Å². The first-order valence-corrected chi connectivity index (χ1v) is 11.5. The number of ether oxygens (including phenoxy) is 3. The van der Waals surface area contributed by atoms with Crippen molar-refractivity contribution in [1.82, 2.24) is 5.32 Å². The molecule has 198 valence electrons. The minimum absolute atomic E-state index is 0.0253. The van der Waals surface area contributed by atoms with Gasteiger partial charge in [-0.1, -0.05) is 43.3 Å². The van der Waals surface area contributed by atoms with Gasteiger partial charge in [0, 0.05) is 19.4 Å². The molecule has 1 aliphatic heterocycles. The van der Waals surface area contributed by atoms with Gasteiger partial charge in [-0.05, 0) is 37.2 Å². The van der Waals surface area contributed by atoms with Gasteiger partial charge in [0.25, 0.3) is 0 Å². The van der Waals surface area contributed by atoms with E-state index in [0.717, 1.165) is 19.5 Å². The van der Waals surface area contributed by atoms with E-state index < -0.39 is 36.1 Å². The molecule has 2 aromatic carbocycles. The lowest BCUT2D eigenvalue weighted by atomic mass is 9.98. The molecule has 0 aromatic heterocycles. The maximum Gasteiger partial charge on any atom is 0.349 e. The topological polar surface area (TPSA) is 166 Å². The van der Waals surface area contributed by atoms with Gasteiger partial charge in [-0.2, -0.15) is 0 Å². The van der Waals surface area contributed by atoms with Crippen LogP contribution in [0.15, 0.2) is 60.7 Å². The Morgan fingerprint density at radius 1 is 0.811 bits per heavy atom. The highest BCUT2D eigenvalue weighted by molar-refractivity contribution is 5.95. The molecule has 1 fully saturated rings. The van der Waals surface area contributed by atoms with Crippen molar-refractivity contribution in [2.24, 2.45) is 5.92 Å². The first-order valence-electron chi connectivity index (χ1n) is 11.5. The molecular formula is C26H29NO10. The summed E-state index contributed by atoms with van der Waals surface area (Å²) in [6.45, 7) is 5.48. The number of carboxylic acid groups (broad SMARTS) is 2. The van der Waals surface area contributed by atoms with Crippen molar-refractivity contribution in [3.63, 3.8) is 0 Å². The van der Waals surface area contributed by atoms with Crippen LogP contribution in [-0.2, 0) is 28.6 Å². The first-order chi connectivity index (χ1) is 17.6. The van der Waals surface area contributed by atoms with Gasteiger partial charge < -0.3 is 29.7 Å². The maximum atomic E-state index is 12.0. The van der Waals surface area contributed by atoms with Crippen molar-refractivity contribution in [2.45, 2.75) is 38.6 Å². The Kier molecular flexibility index (Phi) is 11.2. The molecule has 3 rings (SSSR count). The van der Waals surface area contributed by atoms with Crippen LogP contribution < -0.4 is 5.32 Å². The number of carboxylic acids is 2. The predicted octanol–water partition coefficient (Wildman–Crippen LogP) is 2.15. The largest absolute Gasteiger partial charge is 0.478 e. The summed E-state index contributed by atoms with van der Waals surface area (Å²) in [5.41, 5.74) is 0.0505. The Hall–Kier alpha value is -4.25. The molecule has 11 heteroatoms. The van der Waals surface area contributed by atoms with Gasteiger partial charge in [0.05, 0.1) is 11.1 Å². The second kappa shape index (κ2) is 14.3. The van der Waals surface area contributed by atoms with Crippen molar-refractivity contribution in [2.75, 3.05) is 13.1 Å². The Morgan fingerprint density at radius 2 is 1.24 bits per heavy atom. The summed E-state index contributed by atoms with van der Waals surface area (Å²) in [4.78, 5) is 57.5. The van der Waals surface area contributed by atoms with E-state index in [1.165, 1.54) is 55.5 Å². The summed E-state index contributed by atoms with van der Waals surface area (Å²) < 4.78 is 14.6. The molecule has 0 aliphatic carbocycles. The number of benzene rings is 2.